The number of aliphatic imine (C=N–C) groups is 1. The first-order valence-electron chi connectivity index (χ1n) is 10.2. The molecule has 3 rings (SSSR count). The number of piperidine rings is 1. The highest BCUT2D eigenvalue weighted by Crippen LogP contribution is 2.14. The maximum absolute atomic E-state index is 5.95. The molecule has 0 aliphatic carbocycles. The fourth-order valence-electron chi connectivity index (χ4n) is 3.49. The molecule has 8 heteroatoms. The van der Waals surface area contributed by atoms with Gasteiger partial charge in [-0.3, -0.25) is 4.99 Å². The fraction of sp³-hybridized carbons (Fsp3) is 0.524. The van der Waals surface area contributed by atoms with Gasteiger partial charge in [-0.15, -0.1) is 0 Å². The van der Waals surface area contributed by atoms with E-state index in [0.29, 0.717) is 12.6 Å². The Balaban J connectivity index is 1.43. The molecule has 0 amide bonds. The lowest BCUT2D eigenvalue weighted by Crippen LogP contribution is -2.48. The predicted octanol–water partition coefficient (Wildman–Crippen LogP) is 2.69. The molecule has 1 saturated heterocycles. The molecule has 0 atom stereocenters. The molecule has 158 valence electrons. The number of methoxy groups -OCH3 is 1. The first-order chi connectivity index (χ1) is 14.2. The van der Waals surface area contributed by atoms with Crippen LogP contribution in [0.3, 0.4) is 0 Å². The number of nitrogens with zero attached hydrogens (tertiary/aromatic N) is 4. The van der Waals surface area contributed by atoms with E-state index in [0.717, 1.165) is 67.7 Å². The fourth-order valence-corrected chi connectivity index (χ4v) is 3.62. The van der Waals surface area contributed by atoms with E-state index in [1.807, 2.05) is 48.4 Å². The van der Waals surface area contributed by atoms with E-state index in [1.165, 1.54) is 0 Å². The molecule has 0 saturated carbocycles. The third-order valence-electron chi connectivity index (χ3n) is 5.16. The summed E-state index contributed by atoms with van der Waals surface area (Å²) >= 11 is 5.95. The Kier molecular flexibility index (Phi) is 8.34. The molecule has 2 N–H and O–H groups in total. The van der Waals surface area contributed by atoms with Crippen LogP contribution >= 0.6 is 11.6 Å². The third kappa shape index (κ3) is 6.73. The van der Waals surface area contributed by atoms with E-state index in [9.17, 15) is 0 Å². The molecular weight excluding hydrogens is 388 g/mol. The van der Waals surface area contributed by atoms with E-state index in [-0.39, 0.29) is 0 Å². The maximum Gasteiger partial charge on any atom is 0.191 e. The quantitative estimate of drug-likeness (QED) is 0.392. The van der Waals surface area contributed by atoms with Crippen LogP contribution in [0.15, 0.2) is 41.7 Å². The van der Waals surface area contributed by atoms with Gasteiger partial charge < -0.3 is 20.3 Å². The first-order valence-corrected chi connectivity index (χ1v) is 10.5. The van der Waals surface area contributed by atoms with Crippen LogP contribution in [0.2, 0.25) is 5.02 Å². The summed E-state index contributed by atoms with van der Waals surface area (Å²) < 4.78 is 6.99. The van der Waals surface area contributed by atoms with Crippen LogP contribution in [0.25, 0.3) is 5.69 Å². The lowest BCUT2D eigenvalue weighted by molar-refractivity contribution is 0.155. The van der Waals surface area contributed by atoms with Crippen LogP contribution < -0.4 is 10.6 Å². The lowest BCUT2D eigenvalue weighted by atomic mass is 10.1. The molecular formula is C21H31ClN6O. The zero-order chi connectivity index (χ0) is 20.5. The summed E-state index contributed by atoms with van der Waals surface area (Å²) in [5.41, 5.74) is 2.08. The van der Waals surface area contributed by atoms with Crippen molar-refractivity contribution in [2.24, 2.45) is 4.99 Å². The minimum atomic E-state index is 0.455. The van der Waals surface area contributed by atoms with Crippen LogP contribution in [0.1, 0.15) is 24.8 Å². The van der Waals surface area contributed by atoms with Gasteiger partial charge in [0.05, 0.1) is 11.9 Å². The van der Waals surface area contributed by atoms with Crippen molar-refractivity contribution in [3.63, 3.8) is 0 Å². The summed E-state index contributed by atoms with van der Waals surface area (Å²) in [5.74, 6) is 0.835. The molecule has 0 unspecified atom stereocenters. The van der Waals surface area contributed by atoms with E-state index < -0.39 is 0 Å². The Bertz CT molecular complexity index is 768. The van der Waals surface area contributed by atoms with Gasteiger partial charge in [-0.2, -0.15) is 5.10 Å². The third-order valence-corrected chi connectivity index (χ3v) is 5.41. The summed E-state index contributed by atoms with van der Waals surface area (Å²) in [6.45, 7) is 4.86. The number of benzene rings is 1. The standard InChI is InChI=1S/C21H31ClN6O/c1-23-21(26-19-8-11-27(12-9-19)10-3-13-29-2)24-14-17-15-25-28(16-17)20-6-4-18(22)5-7-20/h4-7,15-16,19H,3,8-14H2,1-2H3,(H2,23,24,26). The normalized spacial score (nSPS) is 16.2. The Morgan fingerprint density at radius 1 is 1.28 bits per heavy atom. The van der Waals surface area contributed by atoms with Crippen molar-refractivity contribution < 1.29 is 4.74 Å². The van der Waals surface area contributed by atoms with Crippen molar-refractivity contribution in [1.82, 2.24) is 25.3 Å². The highest BCUT2D eigenvalue weighted by Gasteiger charge is 2.19. The second-order valence-electron chi connectivity index (χ2n) is 7.30. The molecule has 1 aliphatic rings. The van der Waals surface area contributed by atoms with E-state index in [1.54, 1.807) is 7.11 Å². The number of hydrogen-bond acceptors (Lipinski definition) is 4. The van der Waals surface area contributed by atoms with Gasteiger partial charge in [-0.1, -0.05) is 11.6 Å². The number of aromatic nitrogens is 2. The summed E-state index contributed by atoms with van der Waals surface area (Å²) in [7, 11) is 3.57. The SMILES string of the molecule is CN=C(NCc1cnn(-c2ccc(Cl)cc2)c1)NC1CCN(CCCOC)CC1. The van der Waals surface area contributed by atoms with Gasteiger partial charge in [-0.25, -0.2) is 4.68 Å². The van der Waals surface area contributed by atoms with Gasteiger partial charge in [0.2, 0.25) is 0 Å². The average Bonchev–Trinajstić information content (AvgIpc) is 3.22. The number of nitrogens with one attached hydrogen (secondary N) is 2. The molecule has 29 heavy (non-hydrogen) atoms. The zero-order valence-corrected chi connectivity index (χ0v) is 18.0. The van der Waals surface area contributed by atoms with Crippen LogP contribution in [0.4, 0.5) is 0 Å². The molecule has 2 heterocycles. The number of ether oxygens (including phenoxy) is 1. The van der Waals surface area contributed by atoms with Crippen molar-refractivity contribution in [2.75, 3.05) is 40.4 Å². The minimum absolute atomic E-state index is 0.455. The Labute approximate surface area is 178 Å². The molecule has 0 radical (unpaired) electrons. The first kappa shape index (κ1) is 21.6. The topological polar surface area (TPSA) is 66.7 Å². The van der Waals surface area contributed by atoms with Gasteiger partial charge in [0.25, 0.3) is 0 Å². The highest BCUT2D eigenvalue weighted by molar-refractivity contribution is 6.30. The molecule has 7 nitrogen and oxygen atoms in total. The van der Waals surface area contributed by atoms with Crippen molar-refractivity contribution in [2.45, 2.75) is 31.8 Å². The van der Waals surface area contributed by atoms with Crippen molar-refractivity contribution in [3.05, 3.63) is 47.2 Å². The highest BCUT2D eigenvalue weighted by atomic mass is 35.5. The van der Waals surface area contributed by atoms with Crippen LogP contribution in [-0.2, 0) is 11.3 Å². The van der Waals surface area contributed by atoms with Gasteiger partial charge in [0, 0.05) is 69.8 Å². The number of guanidine groups is 1. The second kappa shape index (κ2) is 11.2. The molecule has 2 aromatic rings. The minimum Gasteiger partial charge on any atom is -0.385 e. The van der Waals surface area contributed by atoms with E-state index >= 15 is 0 Å². The van der Waals surface area contributed by atoms with Crippen LogP contribution in [-0.4, -0.2) is 67.1 Å². The second-order valence-corrected chi connectivity index (χ2v) is 7.74. The summed E-state index contributed by atoms with van der Waals surface area (Å²) in [6.07, 6.45) is 7.24. The Morgan fingerprint density at radius 2 is 2.03 bits per heavy atom. The Morgan fingerprint density at radius 3 is 2.72 bits per heavy atom. The molecule has 0 bridgehead atoms. The summed E-state index contributed by atoms with van der Waals surface area (Å²) in [4.78, 5) is 6.89. The van der Waals surface area contributed by atoms with Crippen LogP contribution in [0.5, 0.6) is 0 Å². The van der Waals surface area contributed by atoms with Gasteiger partial charge in [0.15, 0.2) is 5.96 Å². The van der Waals surface area contributed by atoms with Crippen molar-refractivity contribution >= 4 is 17.6 Å². The van der Waals surface area contributed by atoms with Gasteiger partial charge >= 0.3 is 0 Å². The largest absolute Gasteiger partial charge is 0.385 e. The molecule has 1 aliphatic heterocycles. The maximum atomic E-state index is 5.95. The van der Waals surface area contributed by atoms with E-state index in [4.69, 9.17) is 16.3 Å². The number of likely N-dealkylation sites (tertiary alicyclic amines) is 1. The number of rotatable bonds is 8. The molecule has 1 fully saturated rings. The number of hydrogen-bond donors (Lipinski definition) is 2. The lowest BCUT2D eigenvalue weighted by Gasteiger charge is -2.33. The van der Waals surface area contributed by atoms with Gasteiger partial charge in [0.1, 0.15) is 0 Å². The van der Waals surface area contributed by atoms with Gasteiger partial charge in [-0.05, 0) is 43.5 Å². The zero-order valence-electron chi connectivity index (χ0n) is 17.3. The monoisotopic (exact) mass is 418 g/mol. The summed E-state index contributed by atoms with van der Waals surface area (Å²) in [6, 6.07) is 8.09. The van der Waals surface area contributed by atoms with Crippen molar-refractivity contribution in [1.29, 1.82) is 0 Å². The van der Waals surface area contributed by atoms with Crippen molar-refractivity contribution in [3.8, 4) is 5.69 Å². The van der Waals surface area contributed by atoms with Crippen LogP contribution in [0, 0.1) is 0 Å². The average molecular weight is 419 g/mol. The predicted molar refractivity (Wildman–Crippen MR) is 118 cm³/mol. The smallest absolute Gasteiger partial charge is 0.191 e. The number of halogens is 1. The summed E-state index contributed by atoms with van der Waals surface area (Å²) in [5, 5.41) is 12.1. The van der Waals surface area contributed by atoms with E-state index in [2.05, 4.69) is 25.6 Å². The molecule has 1 aromatic carbocycles. The molecule has 0 spiro atoms. The Hall–Kier alpha value is -2.09. The molecule has 1 aromatic heterocycles.